The van der Waals surface area contributed by atoms with Crippen molar-refractivity contribution in [3.8, 4) is 5.69 Å². The zero-order valence-corrected chi connectivity index (χ0v) is 15.3. The Labute approximate surface area is 162 Å². The Kier molecular flexibility index (Phi) is 5.09. The van der Waals surface area contributed by atoms with Crippen molar-refractivity contribution in [3.63, 3.8) is 0 Å². The fourth-order valence-electron chi connectivity index (χ4n) is 3.28. The molecule has 0 aliphatic carbocycles. The number of hydrogen-bond acceptors (Lipinski definition) is 5. The molecule has 2 aromatic carbocycles. The van der Waals surface area contributed by atoms with Gasteiger partial charge >= 0.3 is 0 Å². The van der Waals surface area contributed by atoms with E-state index in [2.05, 4.69) is 20.8 Å². The average Bonchev–Trinajstić information content (AvgIpc) is 3.35. The first kappa shape index (κ1) is 17.8. The van der Waals surface area contributed by atoms with Crippen LogP contribution in [0.2, 0.25) is 0 Å². The highest BCUT2D eigenvalue weighted by molar-refractivity contribution is 5.92. The normalized spacial score (nSPS) is 13.7. The van der Waals surface area contributed by atoms with Crippen molar-refractivity contribution in [1.82, 2.24) is 25.1 Å². The van der Waals surface area contributed by atoms with Crippen molar-refractivity contribution in [2.24, 2.45) is 0 Å². The second-order valence-electron chi connectivity index (χ2n) is 6.77. The topological polar surface area (TPSA) is 93.0 Å². The van der Waals surface area contributed by atoms with E-state index >= 15 is 0 Å². The van der Waals surface area contributed by atoms with E-state index in [1.54, 1.807) is 4.68 Å². The van der Waals surface area contributed by atoms with E-state index in [4.69, 9.17) is 0 Å². The summed E-state index contributed by atoms with van der Waals surface area (Å²) in [5.41, 5.74) is 3.48. The van der Waals surface area contributed by atoms with Gasteiger partial charge in [-0.15, -0.1) is 5.10 Å². The first-order valence-electron chi connectivity index (χ1n) is 9.16. The van der Waals surface area contributed by atoms with Crippen molar-refractivity contribution in [2.45, 2.75) is 25.8 Å². The number of aromatic nitrogens is 4. The Morgan fingerprint density at radius 3 is 2.68 bits per heavy atom. The lowest BCUT2D eigenvalue weighted by atomic mass is 10.1. The lowest BCUT2D eigenvalue weighted by Gasteiger charge is -2.16. The second kappa shape index (κ2) is 7.99. The van der Waals surface area contributed by atoms with Crippen LogP contribution in [0.3, 0.4) is 0 Å². The summed E-state index contributed by atoms with van der Waals surface area (Å²) in [4.78, 5) is 26.0. The molecule has 1 saturated heterocycles. The lowest BCUT2D eigenvalue weighted by Crippen LogP contribution is -2.23. The molecule has 0 spiro atoms. The van der Waals surface area contributed by atoms with Crippen LogP contribution in [0.4, 0.5) is 5.69 Å². The molecule has 142 valence electrons. The summed E-state index contributed by atoms with van der Waals surface area (Å²) < 4.78 is 1.56. The van der Waals surface area contributed by atoms with E-state index in [0.717, 1.165) is 35.5 Å². The third-order valence-electron chi connectivity index (χ3n) is 4.67. The standard InChI is InChI=1S/C20H20N6O2/c27-19(12-15-6-8-18(9-7-15)26-14-21-23-24-26)22-17-4-1-3-16(11-17)13-25-10-2-5-20(25)28/h1,3-4,6-9,11,14H,2,5,10,12-13H2,(H,22,27). The zero-order valence-electron chi connectivity index (χ0n) is 15.3. The molecule has 0 bridgehead atoms. The molecule has 1 fully saturated rings. The van der Waals surface area contributed by atoms with Gasteiger partial charge in [-0.3, -0.25) is 9.59 Å². The van der Waals surface area contributed by atoms with Crippen molar-refractivity contribution < 1.29 is 9.59 Å². The number of amides is 2. The van der Waals surface area contributed by atoms with E-state index in [9.17, 15) is 9.59 Å². The van der Waals surface area contributed by atoms with Crippen molar-refractivity contribution >= 4 is 17.5 Å². The predicted molar refractivity (Wildman–Crippen MR) is 103 cm³/mol. The monoisotopic (exact) mass is 376 g/mol. The molecule has 8 nitrogen and oxygen atoms in total. The summed E-state index contributed by atoms with van der Waals surface area (Å²) in [6.07, 6.45) is 3.33. The van der Waals surface area contributed by atoms with Crippen molar-refractivity contribution in [3.05, 3.63) is 66.0 Å². The molecule has 1 aliphatic rings. The summed E-state index contributed by atoms with van der Waals surface area (Å²) in [6.45, 7) is 1.39. The van der Waals surface area contributed by atoms with Crippen LogP contribution in [0.15, 0.2) is 54.9 Å². The van der Waals surface area contributed by atoms with Crippen LogP contribution < -0.4 is 5.32 Å². The molecular weight excluding hydrogens is 356 g/mol. The smallest absolute Gasteiger partial charge is 0.228 e. The number of nitrogens with one attached hydrogen (secondary N) is 1. The Morgan fingerprint density at radius 2 is 1.96 bits per heavy atom. The highest BCUT2D eigenvalue weighted by Crippen LogP contribution is 2.17. The Morgan fingerprint density at radius 1 is 1.11 bits per heavy atom. The minimum atomic E-state index is -0.0930. The van der Waals surface area contributed by atoms with Crippen LogP contribution in [0.5, 0.6) is 0 Å². The van der Waals surface area contributed by atoms with Gasteiger partial charge < -0.3 is 10.2 Å². The molecule has 8 heteroatoms. The Balaban J connectivity index is 1.36. The maximum absolute atomic E-state index is 12.4. The summed E-state index contributed by atoms with van der Waals surface area (Å²) in [5, 5.41) is 14.0. The van der Waals surface area contributed by atoms with Gasteiger partial charge in [0.25, 0.3) is 0 Å². The maximum Gasteiger partial charge on any atom is 0.228 e. The summed E-state index contributed by atoms with van der Waals surface area (Å²) in [5.74, 6) is 0.101. The van der Waals surface area contributed by atoms with Gasteiger partial charge in [-0.25, -0.2) is 4.68 Å². The summed E-state index contributed by atoms with van der Waals surface area (Å²) >= 11 is 0. The number of carbonyl (C=O) groups is 2. The molecule has 0 saturated carbocycles. The van der Waals surface area contributed by atoms with Crippen LogP contribution in [0.25, 0.3) is 5.69 Å². The first-order valence-corrected chi connectivity index (χ1v) is 9.16. The maximum atomic E-state index is 12.4. The molecule has 4 rings (SSSR count). The molecule has 1 N–H and O–H groups in total. The fourth-order valence-corrected chi connectivity index (χ4v) is 3.28. The van der Waals surface area contributed by atoms with E-state index in [0.29, 0.717) is 13.0 Å². The SMILES string of the molecule is O=C(Cc1ccc(-n2cnnn2)cc1)Nc1cccc(CN2CCCC2=O)c1. The van der Waals surface area contributed by atoms with Gasteiger partial charge in [-0.1, -0.05) is 24.3 Å². The van der Waals surface area contributed by atoms with E-state index < -0.39 is 0 Å². The quantitative estimate of drug-likeness (QED) is 0.710. The highest BCUT2D eigenvalue weighted by Gasteiger charge is 2.20. The first-order chi connectivity index (χ1) is 13.7. The van der Waals surface area contributed by atoms with Gasteiger partial charge in [-0.2, -0.15) is 0 Å². The molecule has 2 amide bonds. The zero-order chi connectivity index (χ0) is 19.3. The van der Waals surface area contributed by atoms with Crippen LogP contribution in [0.1, 0.15) is 24.0 Å². The number of hydrogen-bond donors (Lipinski definition) is 1. The molecule has 1 aromatic heterocycles. The number of anilines is 1. The molecule has 0 radical (unpaired) electrons. The number of benzene rings is 2. The van der Waals surface area contributed by atoms with E-state index in [-0.39, 0.29) is 18.2 Å². The lowest BCUT2D eigenvalue weighted by molar-refractivity contribution is -0.128. The number of tetrazole rings is 1. The second-order valence-corrected chi connectivity index (χ2v) is 6.77. The predicted octanol–water partition coefficient (Wildman–Crippen LogP) is 1.97. The van der Waals surface area contributed by atoms with Gasteiger partial charge in [0.2, 0.25) is 11.8 Å². The third kappa shape index (κ3) is 4.22. The third-order valence-corrected chi connectivity index (χ3v) is 4.67. The van der Waals surface area contributed by atoms with Gasteiger partial charge in [0, 0.05) is 25.2 Å². The van der Waals surface area contributed by atoms with Crippen LogP contribution >= 0.6 is 0 Å². The number of likely N-dealkylation sites (tertiary alicyclic amines) is 1. The number of rotatable bonds is 6. The molecule has 3 aromatic rings. The van der Waals surface area contributed by atoms with Gasteiger partial charge in [0.05, 0.1) is 12.1 Å². The number of nitrogens with zero attached hydrogens (tertiary/aromatic N) is 5. The highest BCUT2D eigenvalue weighted by atomic mass is 16.2. The average molecular weight is 376 g/mol. The molecule has 28 heavy (non-hydrogen) atoms. The van der Waals surface area contributed by atoms with Gasteiger partial charge in [-0.05, 0) is 52.2 Å². The molecule has 2 heterocycles. The molecule has 0 unspecified atom stereocenters. The van der Waals surface area contributed by atoms with Gasteiger partial charge in [0.1, 0.15) is 6.33 Å². The minimum Gasteiger partial charge on any atom is -0.338 e. The minimum absolute atomic E-state index is 0.0930. The fraction of sp³-hybridized carbons (Fsp3) is 0.250. The largest absolute Gasteiger partial charge is 0.338 e. The van der Waals surface area contributed by atoms with E-state index in [1.165, 1.54) is 6.33 Å². The van der Waals surface area contributed by atoms with E-state index in [1.807, 2.05) is 53.4 Å². The summed E-state index contributed by atoms with van der Waals surface area (Å²) in [6, 6.07) is 15.1. The van der Waals surface area contributed by atoms with Crippen LogP contribution in [-0.2, 0) is 22.6 Å². The molecular formula is C20H20N6O2. The molecule has 0 atom stereocenters. The Bertz CT molecular complexity index is 969. The van der Waals surface area contributed by atoms with Gasteiger partial charge in [0.15, 0.2) is 0 Å². The van der Waals surface area contributed by atoms with Crippen LogP contribution in [0, 0.1) is 0 Å². The van der Waals surface area contributed by atoms with Crippen LogP contribution in [-0.4, -0.2) is 43.5 Å². The number of carbonyl (C=O) groups excluding carboxylic acids is 2. The summed E-state index contributed by atoms with van der Waals surface area (Å²) in [7, 11) is 0. The Hall–Kier alpha value is -3.55. The van der Waals surface area contributed by atoms with Crippen molar-refractivity contribution in [1.29, 1.82) is 0 Å². The molecule has 1 aliphatic heterocycles. The van der Waals surface area contributed by atoms with Crippen molar-refractivity contribution in [2.75, 3.05) is 11.9 Å².